The second-order valence-electron chi connectivity index (χ2n) is 2.90. The summed E-state index contributed by atoms with van der Waals surface area (Å²) in [6.45, 7) is 8.80. The van der Waals surface area contributed by atoms with Crippen LogP contribution in [0.1, 0.15) is 47.0 Å². The van der Waals surface area contributed by atoms with E-state index in [4.69, 9.17) is 0 Å². The van der Waals surface area contributed by atoms with Crippen molar-refractivity contribution in [3.63, 3.8) is 0 Å². The van der Waals surface area contributed by atoms with Crippen LogP contribution in [0, 0.1) is 0 Å². The van der Waals surface area contributed by atoms with Crippen molar-refractivity contribution < 1.29 is 0 Å². The Bertz CT molecular complexity index is 143. The van der Waals surface area contributed by atoms with Crippen molar-refractivity contribution in [1.82, 2.24) is 0 Å². The molecule has 0 atom stereocenters. The lowest BCUT2D eigenvalue weighted by Crippen LogP contribution is -1.76. The summed E-state index contributed by atoms with van der Waals surface area (Å²) in [4.78, 5) is 0. The van der Waals surface area contributed by atoms with Crippen LogP contribution in [-0.2, 0) is 0 Å². The van der Waals surface area contributed by atoms with Gasteiger partial charge in [0, 0.05) is 0 Å². The molecule has 0 saturated carbocycles. The molecule has 0 bridgehead atoms. The second kappa shape index (κ2) is 6.21. The van der Waals surface area contributed by atoms with E-state index in [1.807, 2.05) is 0 Å². The first-order valence-corrected chi connectivity index (χ1v) is 4.59. The summed E-state index contributed by atoms with van der Waals surface area (Å²) in [6.07, 6.45) is 8.03. The molecule has 0 aromatic rings. The standard InChI is InChI=1S/C11H20/c1-5-10(4)8-9-11(6-2)7-3/h8-9H,5-7H2,1-4H3/b10-8+. The van der Waals surface area contributed by atoms with Crippen LogP contribution in [0.4, 0.5) is 0 Å². The van der Waals surface area contributed by atoms with E-state index in [2.05, 4.69) is 39.8 Å². The lowest BCUT2D eigenvalue weighted by molar-refractivity contribution is 0.976. The zero-order chi connectivity index (χ0) is 8.69. The van der Waals surface area contributed by atoms with E-state index in [1.165, 1.54) is 24.0 Å². The first-order chi connectivity index (χ1) is 5.24. The molecule has 11 heavy (non-hydrogen) atoms. The molecule has 0 heteroatoms. The van der Waals surface area contributed by atoms with E-state index in [0.29, 0.717) is 0 Å². The van der Waals surface area contributed by atoms with Gasteiger partial charge in [0.15, 0.2) is 0 Å². The maximum Gasteiger partial charge on any atom is -0.0346 e. The van der Waals surface area contributed by atoms with Gasteiger partial charge >= 0.3 is 0 Å². The van der Waals surface area contributed by atoms with Crippen LogP contribution >= 0.6 is 0 Å². The maximum absolute atomic E-state index is 2.26. The van der Waals surface area contributed by atoms with Gasteiger partial charge in [0.25, 0.3) is 0 Å². The monoisotopic (exact) mass is 152 g/mol. The van der Waals surface area contributed by atoms with E-state index in [1.54, 1.807) is 0 Å². The summed E-state index contributed by atoms with van der Waals surface area (Å²) in [7, 11) is 0. The van der Waals surface area contributed by atoms with Crippen LogP contribution < -0.4 is 0 Å². The summed E-state index contributed by atoms with van der Waals surface area (Å²) >= 11 is 0. The Morgan fingerprint density at radius 1 is 0.909 bits per heavy atom. The van der Waals surface area contributed by atoms with Crippen LogP contribution in [-0.4, -0.2) is 0 Å². The molecule has 0 aromatic heterocycles. The SMILES string of the molecule is CCC(=C/C=C(\C)CC)CC. The van der Waals surface area contributed by atoms with Gasteiger partial charge in [0.2, 0.25) is 0 Å². The molecule has 0 aromatic carbocycles. The first-order valence-electron chi connectivity index (χ1n) is 4.59. The number of rotatable bonds is 4. The van der Waals surface area contributed by atoms with Crippen molar-refractivity contribution >= 4 is 0 Å². The third-order valence-electron chi connectivity index (χ3n) is 2.07. The summed E-state index contributed by atoms with van der Waals surface area (Å²) in [5.41, 5.74) is 3.00. The van der Waals surface area contributed by atoms with E-state index in [0.717, 1.165) is 6.42 Å². The average molecular weight is 152 g/mol. The van der Waals surface area contributed by atoms with Crippen molar-refractivity contribution in [2.75, 3.05) is 0 Å². The molecule has 0 N–H and O–H groups in total. The summed E-state index contributed by atoms with van der Waals surface area (Å²) < 4.78 is 0. The molecule has 64 valence electrons. The Morgan fingerprint density at radius 2 is 1.45 bits per heavy atom. The fourth-order valence-electron chi connectivity index (χ4n) is 0.864. The smallest absolute Gasteiger partial charge is 0.0346 e. The predicted octanol–water partition coefficient (Wildman–Crippen LogP) is 4.09. The zero-order valence-corrected chi connectivity index (χ0v) is 8.28. The minimum Gasteiger partial charge on any atom is -0.0736 e. The molecule has 0 saturated heterocycles. The Morgan fingerprint density at radius 3 is 1.82 bits per heavy atom. The third-order valence-corrected chi connectivity index (χ3v) is 2.07. The minimum atomic E-state index is 1.16. The molecular formula is C11H20. The first kappa shape index (κ1) is 10.5. The van der Waals surface area contributed by atoms with Gasteiger partial charge in [0.1, 0.15) is 0 Å². The van der Waals surface area contributed by atoms with Gasteiger partial charge in [-0.1, -0.05) is 44.1 Å². The van der Waals surface area contributed by atoms with Gasteiger partial charge in [-0.15, -0.1) is 0 Å². The Hall–Kier alpha value is -0.520. The molecule has 0 radical (unpaired) electrons. The van der Waals surface area contributed by atoms with Crippen molar-refractivity contribution in [2.45, 2.75) is 47.0 Å². The van der Waals surface area contributed by atoms with E-state index < -0.39 is 0 Å². The number of hydrogen-bond donors (Lipinski definition) is 0. The largest absolute Gasteiger partial charge is 0.0736 e. The van der Waals surface area contributed by atoms with E-state index in [9.17, 15) is 0 Å². The molecular weight excluding hydrogens is 132 g/mol. The van der Waals surface area contributed by atoms with Crippen molar-refractivity contribution in [3.05, 3.63) is 23.3 Å². The highest BCUT2D eigenvalue weighted by Gasteiger charge is 1.86. The van der Waals surface area contributed by atoms with Crippen LogP contribution in [0.25, 0.3) is 0 Å². The van der Waals surface area contributed by atoms with Crippen LogP contribution in [0.15, 0.2) is 23.3 Å². The van der Waals surface area contributed by atoms with Crippen molar-refractivity contribution in [3.8, 4) is 0 Å². The number of hydrogen-bond acceptors (Lipinski definition) is 0. The normalized spacial score (nSPS) is 11.5. The second-order valence-corrected chi connectivity index (χ2v) is 2.90. The summed E-state index contributed by atoms with van der Waals surface area (Å²) in [6, 6.07) is 0. The predicted molar refractivity (Wildman–Crippen MR) is 52.7 cm³/mol. The molecule has 0 spiro atoms. The molecule has 0 rings (SSSR count). The highest BCUT2D eigenvalue weighted by molar-refractivity contribution is 5.15. The zero-order valence-electron chi connectivity index (χ0n) is 8.28. The van der Waals surface area contributed by atoms with Crippen LogP contribution in [0.2, 0.25) is 0 Å². The molecule has 0 aliphatic rings. The van der Waals surface area contributed by atoms with Gasteiger partial charge in [-0.25, -0.2) is 0 Å². The summed E-state index contributed by atoms with van der Waals surface area (Å²) in [5.74, 6) is 0. The fourth-order valence-corrected chi connectivity index (χ4v) is 0.864. The highest BCUT2D eigenvalue weighted by Crippen LogP contribution is 2.07. The lowest BCUT2D eigenvalue weighted by Gasteiger charge is -1.97. The lowest BCUT2D eigenvalue weighted by atomic mass is 10.1. The average Bonchev–Trinajstić information content (AvgIpc) is 2.06. The molecule has 0 aliphatic carbocycles. The van der Waals surface area contributed by atoms with Gasteiger partial charge in [-0.3, -0.25) is 0 Å². The molecule has 0 aliphatic heterocycles. The van der Waals surface area contributed by atoms with Gasteiger partial charge in [0.05, 0.1) is 0 Å². The Labute approximate surface area is 71.0 Å². The van der Waals surface area contributed by atoms with E-state index >= 15 is 0 Å². The molecule has 0 fully saturated rings. The molecule has 0 heterocycles. The molecule has 0 unspecified atom stereocenters. The van der Waals surface area contributed by atoms with Crippen LogP contribution in [0.3, 0.4) is 0 Å². The van der Waals surface area contributed by atoms with Gasteiger partial charge < -0.3 is 0 Å². The Kier molecular flexibility index (Phi) is 5.91. The van der Waals surface area contributed by atoms with Crippen molar-refractivity contribution in [2.24, 2.45) is 0 Å². The molecule has 0 nitrogen and oxygen atoms in total. The minimum absolute atomic E-state index is 1.16. The topological polar surface area (TPSA) is 0 Å². The van der Waals surface area contributed by atoms with Crippen LogP contribution in [0.5, 0.6) is 0 Å². The number of allylic oxidation sites excluding steroid dienone is 4. The fraction of sp³-hybridized carbons (Fsp3) is 0.636. The third kappa shape index (κ3) is 4.83. The quantitative estimate of drug-likeness (QED) is 0.532. The Balaban J connectivity index is 4.06. The maximum atomic E-state index is 2.26. The summed E-state index contributed by atoms with van der Waals surface area (Å²) in [5, 5.41) is 0. The highest BCUT2D eigenvalue weighted by atomic mass is 13.9. The van der Waals surface area contributed by atoms with Gasteiger partial charge in [-0.2, -0.15) is 0 Å². The molecule has 0 amide bonds. The van der Waals surface area contributed by atoms with Crippen molar-refractivity contribution in [1.29, 1.82) is 0 Å². The van der Waals surface area contributed by atoms with Gasteiger partial charge in [-0.05, 0) is 26.2 Å². The van der Waals surface area contributed by atoms with E-state index in [-0.39, 0.29) is 0 Å².